The number of piperidine rings is 4. The number of anilines is 1. The van der Waals surface area contributed by atoms with E-state index in [1.807, 2.05) is 0 Å². The fourth-order valence-corrected chi connectivity index (χ4v) is 5.22. The molecule has 1 aromatic heterocycles. The van der Waals surface area contributed by atoms with Gasteiger partial charge in [0.2, 0.25) is 0 Å². The lowest BCUT2D eigenvalue weighted by Crippen LogP contribution is -2.47. The molecule has 0 amide bonds. The summed E-state index contributed by atoms with van der Waals surface area (Å²) in [5.74, 6) is 1.46. The molecule has 138 valence electrons. The summed E-state index contributed by atoms with van der Waals surface area (Å²) in [6, 6.07) is 6.42. The highest BCUT2D eigenvalue weighted by Crippen LogP contribution is 2.35. The molecule has 0 aliphatic carbocycles. The minimum atomic E-state index is 0.214. The van der Waals surface area contributed by atoms with Crippen molar-refractivity contribution in [2.45, 2.75) is 38.5 Å². The zero-order valence-electron chi connectivity index (χ0n) is 15.4. The molecule has 26 heavy (non-hydrogen) atoms. The second-order valence-corrected chi connectivity index (χ2v) is 8.38. The Morgan fingerprint density at radius 1 is 1.12 bits per heavy atom. The average Bonchev–Trinajstić information content (AvgIpc) is 3.13. The van der Waals surface area contributed by atoms with E-state index in [0.29, 0.717) is 18.0 Å². The normalized spacial score (nSPS) is 28.6. The molecule has 5 heterocycles. The summed E-state index contributed by atoms with van der Waals surface area (Å²) in [7, 11) is 0. The molecule has 5 nitrogen and oxygen atoms in total. The number of fused-ring (bicyclic) bond motifs is 4. The van der Waals surface area contributed by atoms with Gasteiger partial charge in [0.1, 0.15) is 5.69 Å². The Labute approximate surface area is 154 Å². The van der Waals surface area contributed by atoms with Crippen molar-refractivity contribution in [2.75, 3.05) is 37.6 Å². The molecule has 1 N–H and O–H groups in total. The Morgan fingerprint density at radius 3 is 2.65 bits per heavy atom. The summed E-state index contributed by atoms with van der Waals surface area (Å²) in [6.07, 6.45) is 7.02. The van der Waals surface area contributed by atoms with Crippen LogP contribution in [-0.2, 0) is 0 Å². The molecule has 4 fully saturated rings. The van der Waals surface area contributed by atoms with E-state index in [4.69, 9.17) is 0 Å². The molecule has 6 rings (SSSR count). The van der Waals surface area contributed by atoms with Gasteiger partial charge in [0.05, 0.1) is 5.52 Å². The third kappa shape index (κ3) is 2.92. The van der Waals surface area contributed by atoms with Gasteiger partial charge in [-0.15, -0.1) is 0 Å². The van der Waals surface area contributed by atoms with E-state index < -0.39 is 0 Å². The second kappa shape index (κ2) is 6.69. The van der Waals surface area contributed by atoms with Crippen LogP contribution < -0.4 is 4.90 Å². The minimum absolute atomic E-state index is 0.214. The highest BCUT2D eigenvalue weighted by Gasteiger charge is 2.35. The van der Waals surface area contributed by atoms with E-state index in [0.717, 1.165) is 36.5 Å². The van der Waals surface area contributed by atoms with Crippen molar-refractivity contribution in [3.63, 3.8) is 0 Å². The van der Waals surface area contributed by atoms with Crippen LogP contribution in [0.4, 0.5) is 5.69 Å². The van der Waals surface area contributed by atoms with Crippen molar-refractivity contribution >= 4 is 22.4 Å². The fourth-order valence-electron chi connectivity index (χ4n) is 5.22. The molecule has 4 aliphatic rings. The lowest BCUT2D eigenvalue weighted by molar-refractivity contribution is 0.0440. The molecule has 0 radical (unpaired) electrons. The SMILES string of the molecule is O=C(C[C@H]1CN2CCC1CC2)c1n[nH]c2ccc(N3CCCCC3)cc12. The van der Waals surface area contributed by atoms with E-state index >= 15 is 0 Å². The zero-order chi connectivity index (χ0) is 17.5. The van der Waals surface area contributed by atoms with Crippen molar-refractivity contribution in [2.24, 2.45) is 11.8 Å². The number of nitrogens with zero attached hydrogens (tertiary/aromatic N) is 3. The highest BCUT2D eigenvalue weighted by atomic mass is 16.1. The van der Waals surface area contributed by atoms with Gasteiger partial charge < -0.3 is 9.80 Å². The first-order valence-electron chi connectivity index (χ1n) is 10.3. The number of carbonyl (C=O) groups is 1. The van der Waals surface area contributed by atoms with Crippen LogP contribution in [-0.4, -0.2) is 53.6 Å². The first-order chi connectivity index (χ1) is 12.8. The molecular weight excluding hydrogens is 324 g/mol. The number of aromatic nitrogens is 2. The molecule has 0 spiro atoms. The largest absolute Gasteiger partial charge is 0.372 e. The maximum absolute atomic E-state index is 13.0. The zero-order valence-corrected chi connectivity index (χ0v) is 15.4. The first kappa shape index (κ1) is 16.3. The summed E-state index contributed by atoms with van der Waals surface area (Å²) in [4.78, 5) is 18.0. The van der Waals surface area contributed by atoms with Crippen LogP contribution in [0, 0.1) is 11.8 Å². The number of hydrogen-bond acceptors (Lipinski definition) is 4. The van der Waals surface area contributed by atoms with Gasteiger partial charge in [-0.2, -0.15) is 5.10 Å². The summed E-state index contributed by atoms with van der Waals surface area (Å²) < 4.78 is 0. The predicted molar refractivity (Wildman–Crippen MR) is 104 cm³/mol. The number of Topliss-reactive ketones (excluding diaryl/α,β-unsaturated/α-hetero) is 1. The lowest BCUT2D eigenvalue weighted by Gasteiger charge is -2.44. The van der Waals surface area contributed by atoms with Gasteiger partial charge in [-0.05, 0) is 75.2 Å². The van der Waals surface area contributed by atoms with E-state index in [1.54, 1.807) is 0 Å². The fraction of sp³-hybridized carbons (Fsp3) is 0.619. The maximum atomic E-state index is 13.0. The van der Waals surface area contributed by atoms with Crippen LogP contribution in [0.5, 0.6) is 0 Å². The van der Waals surface area contributed by atoms with Crippen LogP contribution in [0.15, 0.2) is 18.2 Å². The Bertz CT molecular complexity index is 799. The van der Waals surface area contributed by atoms with Gasteiger partial charge in [0.15, 0.2) is 5.78 Å². The third-order valence-corrected chi connectivity index (χ3v) is 6.77. The smallest absolute Gasteiger partial charge is 0.184 e. The quantitative estimate of drug-likeness (QED) is 0.856. The van der Waals surface area contributed by atoms with Crippen molar-refractivity contribution in [3.05, 3.63) is 23.9 Å². The first-order valence-corrected chi connectivity index (χ1v) is 10.3. The van der Waals surface area contributed by atoms with Crippen LogP contribution >= 0.6 is 0 Å². The van der Waals surface area contributed by atoms with Gasteiger partial charge >= 0.3 is 0 Å². The van der Waals surface area contributed by atoms with E-state index in [2.05, 4.69) is 38.2 Å². The standard InChI is InChI=1S/C21H28N4O/c26-20(12-16-14-24-10-6-15(16)7-11-24)21-18-13-17(4-5-19(18)22-23-21)25-8-2-1-3-9-25/h4-5,13,15-16H,1-3,6-12,14H2,(H,22,23)/t16-/m0/s1. The summed E-state index contributed by atoms with van der Waals surface area (Å²) >= 11 is 0. The van der Waals surface area contributed by atoms with Gasteiger partial charge in [-0.25, -0.2) is 0 Å². The molecule has 0 saturated carbocycles. The molecule has 1 aromatic carbocycles. The number of hydrogen-bond donors (Lipinski definition) is 1. The maximum Gasteiger partial charge on any atom is 0.184 e. The van der Waals surface area contributed by atoms with Crippen LogP contribution in [0.3, 0.4) is 0 Å². The average molecular weight is 352 g/mol. The van der Waals surface area contributed by atoms with Gasteiger partial charge in [0, 0.05) is 37.1 Å². The van der Waals surface area contributed by atoms with Crippen molar-refractivity contribution in [3.8, 4) is 0 Å². The summed E-state index contributed by atoms with van der Waals surface area (Å²) in [5, 5.41) is 8.47. The van der Waals surface area contributed by atoms with Gasteiger partial charge in [-0.1, -0.05) is 0 Å². The number of aromatic amines is 1. The number of benzene rings is 1. The number of carbonyl (C=O) groups excluding carboxylic acids is 1. The molecule has 1 atom stereocenters. The molecule has 4 saturated heterocycles. The number of nitrogens with one attached hydrogen (secondary N) is 1. The molecular formula is C21H28N4O. The van der Waals surface area contributed by atoms with Crippen LogP contribution in [0.25, 0.3) is 10.9 Å². The van der Waals surface area contributed by atoms with Crippen molar-refractivity contribution in [1.29, 1.82) is 0 Å². The number of ketones is 1. The molecule has 2 aromatic rings. The molecule has 5 heteroatoms. The van der Waals surface area contributed by atoms with E-state index in [1.165, 1.54) is 50.9 Å². The van der Waals surface area contributed by atoms with Gasteiger partial charge in [0.25, 0.3) is 0 Å². The third-order valence-electron chi connectivity index (χ3n) is 6.77. The van der Waals surface area contributed by atoms with E-state index in [-0.39, 0.29) is 5.78 Å². The predicted octanol–water partition coefficient (Wildman–Crippen LogP) is 3.47. The van der Waals surface area contributed by atoms with E-state index in [9.17, 15) is 4.79 Å². The van der Waals surface area contributed by atoms with Crippen molar-refractivity contribution < 1.29 is 4.79 Å². The van der Waals surface area contributed by atoms with Crippen LogP contribution in [0.1, 0.15) is 49.0 Å². The van der Waals surface area contributed by atoms with Crippen LogP contribution in [0.2, 0.25) is 0 Å². The van der Waals surface area contributed by atoms with Crippen molar-refractivity contribution in [1.82, 2.24) is 15.1 Å². The Kier molecular flexibility index (Phi) is 4.20. The number of H-pyrrole nitrogens is 1. The molecule has 4 aliphatic heterocycles. The summed E-state index contributed by atoms with van der Waals surface area (Å²) in [6.45, 7) is 5.77. The van der Waals surface area contributed by atoms with Gasteiger partial charge in [-0.3, -0.25) is 9.89 Å². The highest BCUT2D eigenvalue weighted by molar-refractivity contribution is 6.06. The Hall–Kier alpha value is -1.88. The minimum Gasteiger partial charge on any atom is -0.372 e. The Morgan fingerprint density at radius 2 is 1.92 bits per heavy atom. The molecule has 0 unspecified atom stereocenters. The summed E-state index contributed by atoms with van der Waals surface area (Å²) in [5.41, 5.74) is 2.86. The second-order valence-electron chi connectivity index (χ2n) is 8.38. The topological polar surface area (TPSA) is 52.2 Å². The molecule has 2 bridgehead atoms. The lowest BCUT2D eigenvalue weighted by atomic mass is 9.76. The Balaban J connectivity index is 1.38. The monoisotopic (exact) mass is 352 g/mol. The number of rotatable bonds is 4.